The van der Waals surface area contributed by atoms with Gasteiger partial charge in [-0.2, -0.15) is 4.98 Å². The van der Waals surface area contributed by atoms with Crippen LogP contribution in [-0.2, 0) is 10.0 Å². The number of ether oxygens (including phenoxy) is 1. The van der Waals surface area contributed by atoms with E-state index in [-0.39, 0.29) is 20.5 Å². The zero-order valence-corrected chi connectivity index (χ0v) is 12.0. The van der Waals surface area contributed by atoms with E-state index in [9.17, 15) is 18.5 Å². The molecule has 0 saturated heterocycles. The summed E-state index contributed by atoms with van der Waals surface area (Å²) in [6.45, 7) is 0. The first-order valence-corrected chi connectivity index (χ1v) is 7.44. The second-order valence-electron chi connectivity index (χ2n) is 3.26. The van der Waals surface area contributed by atoms with Crippen molar-refractivity contribution in [2.75, 3.05) is 11.8 Å². The molecule has 2 N–H and O–H groups in total. The molecule has 108 valence electrons. The second-order valence-corrected chi connectivity index (χ2v) is 6.82. The van der Waals surface area contributed by atoms with E-state index in [0.29, 0.717) is 11.3 Å². The van der Waals surface area contributed by atoms with Crippen molar-refractivity contribution in [3.63, 3.8) is 0 Å². The average molecular weight is 340 g/mol. The maximum atomic E-state index is 12.0. The minimum Gasteiger partial charge on any atom is -0.466 e. The summed E-state index contributed by atoms with van der Waals surface area (Å²) in [4.78, 5) is 13.5. The predicted octanol–water partition coefficient (Wildman–Crippen LogP) is 1.24. The van der Waals surface area contributed by atoms with Gasteiger partial charge in [0.05, 0.1) is 12.0 Å². The highest BCUT2D eigenvalue weighted by Crippen LogP contribution is 2.36. The molecule has 0 unspecified atom stereocenters. The number of nitrogens with one attached hydrogen (secondary N) is 2. The summed E-state index contributed by atoms with van der Waals surface area (Å²) in [5.74, 6) is -0.186. The fraction of sp³-hybridized carbons (Fsp3) is 0.143. The Bertz CT molecular complexity index is 753. The molecule has 2 rings (SSSR count). The number of aromatic amines is 1. The summed E-state index contributed by atoms with van der Waals surface area (Å²) < 4.78 is 30.1. The Morgan fingerprint density at radius 2 is 2.30 bits per heavy atom. The molecule has 0 bridgehead atoms. The van der Waals surface area contributed by atoms with Gasteiger partial charge in [0.2, 0.25) is 5.95 Å². The van der Waals surface area contributed by atoms with Gasteiger partial charge in [-0.3, -0.25) is 10.1 Å². The smallest absolute Gasteiger partial charge is 0.336 e. The van der Waals surface area contributed by atoms with Gasteiger partial charge in [-0.15, -0.1) is 16.4 Å². The Morgan fingerprint density at radius 1 is 1.60 bits per heavy atom. The van der Waals surface area contributed by atoms with Gasteiger partial charge in [0, 0.05) is 6.07 Å². The number of rotatable bonds is 5. The number of hydrogen-bond acceptors (Lipinski definition) is 8. The fourth-order valence-corrected chi connectivity index (χ4v) is 3.78. The molecule has 0 aliphatic carbocycles. The zero-order valence-electron chi connectivity index (χ0n) is 9.65. The van der Waals surface area contributed by atoms with Gasteiger partial charge in [-0.1, -0.05) is 11.6 Å². The Morgan fingerprint density at radius 3 is 2.80 bits per heavy atom. The van der Waals surface area contributed by atoms with Crippen LogP contribution in [0.3, 0.4) is 0 Å². The van der Waals surface area contributed by atoms with Crippen molar-refractivity contribution in [3.8, 4) is 6.01 Å². The molecule has 0 aliphatic rings. The van der Waals surface area contributed by atoms with Crippen molar-refractivity contribution in [1.82, 2.24) is 15.2 Å². The van der Waals surface area contributed by atoms with Crippen LogP contribution in [0, 0.1) is 10.1 Å². The number of hydrogen-bond donors (Lipinski definition) is 2. The SMILES string of the molecule is COc1n[nH]c(NS(=O)(=O)c2cc([N+](=O)[O-])c(Cl)s2)n1. The van der Waals surface area contributed by atoms with Crippen molar-refractivity contribution >= 4 is 44.6 Å². The molecule has 0 radical (unpaired) electrons. The topological polar surface area (TPSA) is 140 Å². The predicted molar refractivity (Wildman–Crippen MR) is 69.7 cm³/mol. The number of nitrogens with zero attached hydrogens (tertiary/aromatic N) is 3. The van der Waals surface area contributed by atoms with Gasteiger partial charge < -0.3 is 4.74 Å². The van der Waals surface area contributed by atoms with Crippen LogP contribution >= 0.6 is 22.9 Å². The number of nitro groups is 1. The molecule has 0 fully saturated rings. The lowest BCUT2D eigenvalue weighted by Gasteiger charge is -2.00. The van der Waals surface area contributed by atoms with Gasteiger partial charge >= 0.3 is 6.01 Å². The van der Waals surface area contributed by atoms with Crippen molar-refractivity contribution in [3.05, 3.63) is 20.5 Å². The lowest BCUT2D eigenvalue weighted by atomic mass is 10.6. The molecule has 0 aliphatic heterocycles. The molecular formula is C7H6ClN5O5S2. The number of H-pyrrole nitrogens is 1. The van der Waals surface area contributed by atoms with Gasteiger partial charge in [-0.05, 0) is 0 Å². The summed E-state index contributed by atoms with van der Waals surface area (Å²) in [6, 6.07) is 0.807. The molecule has 2 aromatic rings. The molecular weight excluding hydrogens is 334 g/mol. The van der Waals surface area contributed by atoms with E-state index < -0.39 is 20.6 Å². The highest BCUT2D eigenvalue weighted by Gasteiger charge is 2.26. The number of sulfonamides is 1. The van der Waals surface area contributed by atoms with E-state index in [4.69, 9.17) is 11.6 Å². The zero-order chi connectivity index (χ0) is 14.9. The first-order chi connectivity index (χ1) is 9.33. The highest BCUT2D eigenvalue weighted by molar-refractivity contribution is 7.94. The third kappa shape index (κ3) is 2.81. The quantitative estimate of drug-likeness (QED) is 0.616. The summed E-state index contributed by atoms with van der Waals surface area (Å²) in [7, 11) is -2.74. The molecule has 0 spiro atoms. The van der Waals surface area contributed by atoms with E-state index in [1.54, 1.807) is 0 Å². The van der Waals surface area contributed by atoms with E-state index in [2.05, 4.69) is 24.6 Å². The summed E-state index contributed by atoms with van der Waals surface area (Å²) >= 11 is 6.17. The maximum absolute atomic E-state index is 12.0. The van der Waals surface area contributed by atoms with E-state index in [1.807, 2.05) is 0 Å². The van der Waals surface area contributed by atoms with Gasteiger partial charge in [0.1, 0.15) is 4.21 Å². The van der Waals surface area contributed by atoms with Crippen LogP contribution in [0.1, 0.15) is 0 Å². The molecule has 0 amide bonds. The van der Waals surface area contributed by atoms with E-state index in [1.165, 1.54) is 7.11 Å². The molecule has 20 heavy (non-hydrogen) atoms. The number of halogens is 1. The van der Waals surface area contributed by atoms with E-state index in [0.717, 1.165) is 6.07 Å². The van der Waals surface area contributed by atoms with Crippen LogP contribution < -0.4 is 9.46 Å². The average Bonchev–Trinajstić information content (AvgIpc) is 2.95. The van der Waals surface area contributed by atoms with Crippen LogP contribution in [0.4, 0.5) is 11.6 Å². The second kappa shape index (κ2) is 5.22. The van der Waals surface area contributed by atoms with Crippen molar-refractivity contribution < 1.29 is 18.1 Å². The fourth-order valence-electron chi connectivity index (χ4n) is 1.16. The van der Waals surface area contributed by atoms with Crippen LogP contribution in [0.15, 0.2) is 10.3 Å². The standard InChI is InChI=1S/C7H6ClN5O5S2/c1-18-7-9-6(10-11-7)12-20(16,17)4-2-3(13(14)15)5(8)19-4/h2H,1H3,(H2,9,10,11,12). The summed E-state index contributed by atoms with van der Waals surface area (Å²) in [6.07, 6.45) is 0. The normalized spacial score (nSPS) is 11.3. The first-order valence-electron chi connectivity index (χ1n) is 4.76. The van der Waals surface area contributed by atoms with Crippen LogP contribution in [0.25, 0.3) is 0 Å². The third-order valence-electron chi connectivity index (χ3n) is 1.99. The van der Waals surface area contributed by atoms with Crippen LogP contribution in [0.5, 0.6) is 6.01 Å². The maximum Gasteiger partial charge on any atom is 0.336 e. The number of thiophene rings is 1. The molecule has 0 aromatic carbocycles. The Balaban J connectivity index is 2.30. The van der Waals surface area contributed by atoms with Crippen LogP contribution in [-0.4, -0.2) is 35.6 Å². The lowest BCUT2D eigenvalue weighted by molar-refractivity contribution is -0.384. The highest BCUT2D eigenvalue weighted by atomic mass is 35.5. The van der Waals surface area contributed by atoms with Gasteiger partial charge in [0.25, 0.3) is 15.7 Å². The van der Waals surface area contributed by atoms with E-state index >= 15 is 0 Å². The molecule has 0 atom stereocenters. The lowest BCUT2D eigenvalue weighted by Crippen LogP contribution is -2.12. The van der Waals surface area contributed by atoms with Crippen molar-refractivity contribution in [2.45, 2.75) is 4.21 Å². The van der Waals surface area contributed by atoms with Crippen molar-refractivity contribution in [1.29, 1.82) is 0 Å². The largest absolute Gasteiger partial charge is 0.466 e. The van der Waals surface area contributed by atoms with Gasteiger partial charge in [-0.25, -0.2) is 18.2 Å². The molecule has 13 heteroatoms. The summed E-state index contributed by atoms with van der Waals surface area (Å²) in [5, 5.41) is 16.5. The van der Waals surface area contributed by atoms with Gasteiger partial charge in [0.15, 0.2) is 4.34 Å². The Labute approximate surface area is 120 Å². The molecule has 0 saturated carbocycles. The van der Waals surface area contributed by atoms with Crippen LogP contribution in [0.2, 0.25) is 4.34 Å². The Kier molecular flexibility index (Phi) is 3.78. The number of aromatic nitrogens is 3. The number of anilines is 1. The molecule has 2 aromatic heterocycles. The first kappa shape index (κ1) is 14.5. The third-order valence-corrected chi connectivity index (χ3v) is 5.14. The molecule has 2 heterocycles. The Hall–Kier alpha value is -1.92. The molecule has 10 nitrogen and oxygen atoms in total. The number of methoxy groups -OCH3 is 1. The minimum absolute atomic E-state index is 0.0575. The van der Waals surface area contributed by atoms with Crippen molar-refractivity contribution in [2.24, 2.45) is 0 Å². The minimum atomic E-state index is -4.05. The monoisotopic (exact) mass is 339 g/mol. The summed E-state index contributed by atoms with van der Waals surface area (Å²) in [5.41, 5.74) is -0.479.